The average molecular weight is 302 g/mol. The predicted molar refractivity (Wildman–Crippen MR) is 95.9 cm³/mol. The Morgan fingerprint density at radius 3 is 1.82 bits per heavy atom. The van der Waals surface area contributed by atoms with Gasteiger partial charge in [0.05, 0.1) is 6.42 Å². The van der Waals surface area contributed by atoms with Gasteiger partial charge >= 0.3 is 5.97 Å². The van der Waals surface area contributed by atoms with Crippen molar-refractivity contribution >= 4 is 5.97 Å². The normalized spacial score (nSPS) is 12.8. The van der Waals surface area contributed by atoms with Crippen molar-refractivity contribution in [1.29, 1.82) is 0 Å². The molecule has 0 fully saturated rings. The number of aliphatic carboxylic acids is 1. The standard InChI is InChI=1S/C20H30O2/c1-2-3-4-5-6-7-8-9-10-11-12-13-14-15-16-17-18-19-20(21)22/h9-18H,2-8,19H2,1H3,(H,21,22). The van der Waals surface area contributed by atoms with Crippen molar-refractivity contribution in [1.82, 2.24) is 0 Å². The molecule has 0 rings (SSSR count). The molecule has 2 heteroatoms. The molecule has 0 bridgehead atoms. The van der Waals surface area contributed by atoms with Crippen LogP contribution < -0.4 is 0 Å². The highest BCUT2D eigenvalue weighted by molar-refractivity contribution is 5.68. The van der Waals surface area contributed by atoms with Crippen molar-refractivity contribution in [2.75, 3.05) is 0 Å². The first-order chi connectivity index (χ1) is 10.8. The number of carboxylic acid groups (broad SMARTS) is 1. The summed E-state index contributed by atoms with van der Waals surface area (Å²) in [5.41, 5.74) is 0. The first kappa shape index (κ1) is 20.2. The number of hydrogen-bond acceptors (Lipinski definition) is 1. The third kappa shape index (κ3) is 18.2. The molecule has 0 aromatic heterocycles. The monoisotopic (exact) mass is 302 g/mol. The van der Waals surface area contributed by atoms with Gasteiger partial charge in [0.15, 0.2) is 0 Å². The van der Waals surface area contributed by atoms with E-state index in [4.69, 9.17) is 5.11 Å². The molecule has 0 spiro atoms. The van der Waals surface area contributed by atoms with E-state index >= 15 is 0 Å². The number of hydrogen-bond donors (Lipinski definition) is 1. The topological polar surface area (TPSA) is 37.3 Å². The molecular formula is C20H30O2. The third-order valence-electron chi connectivity index (χ3n) is 3.07. The molecule has 0 aliphatic heterocycles. The Balaban J connectivity index is 3.54. The number of rotatable bonds is 13. The molecule has 0 aromatic carbocycles. The molecule has 0 amide bonds. The Bertz CT molecular complexity index is 398. The predicted octanol–water partition coefficient (Wildman–Crippen LogP) is 5.99. The maximum Gasteiger partial charge on any atom is 0.307 e. The van der Waals surface area contributed by atoms with E-state index in [1.54, 1.807) is 12.2 Å². The van der Waals surface area contributed by atoms with E-state index in [1.165, 1.54) is 38.5 Å². The van der Waals surface area contributed by atoms with Crippen LogP contribution in [0.1, 0.15) is 58.3 Å². The zero-order valence-corrected chi connectivity index (χ0v) is 13.8. The largest absolute Gasteiger partial charge is 0.481 e. The summed E-state index contributed by atoms with van der Waals surface area (Å²) in [4.78, 5) is 10.3. The van der Waals surface area contributed by atoms with Gasteiger partial charge in [0.1, 0.15) is 0 Å². The van der Waals surface area contributed by atoms with Gasteiger partial charge in [-0.25, -0.2) is 0 Å². The molecular weight excluding hydrogens is 272 g/mol. The summed E-state index contributed by atoms with van der Waals surface area (Å²) in [7, 11) is 0. The Morgan fingerprint density at radius 2 is 1.23 bits per heavy atom. The van der Waals surface area contributed by atoms with Crippen LogP contribution in [0.4, 0.5) is 0 Å². The van der Waals surface area contributed by atoms with Gasteiger partial charge in [-0.1, -0.05) is 99.8 Å². The van der Waals surface area contributed by atoms with Crippen LogP contribution in [0.3, 0.4) is 0 Å². The lowest BCUT2D eigenvalue weighted by molar-refractivity contribution is -0.136. The lowest BCUT2D eigenvalue weighted by atomic mass is 10.1. The van der Waals surface area contributed by atoms with E-state index in [1.807, 2.05) is 36.5 Å². The van der Waals surface area contributed by atoms with Gasteiger partial charge in [-0.05, 0) is 12.8 Å². The van der Waals surface area contributed by atoms with Gasteiger partial charge < -0.3 is 5.11 Å². The maximum atomic E-state index is 10.3. The first-order valence-corrected chi connectivity index (χ1v) is 8.30. The number of allylic oxidation sites excluding steroid dienone is 9. The van der Waals surface area contributed by atoms with Crippen LogP contribution in [-0.2, 0) is 4.79 Å². The fourth-order valence-corrected chi connectivity index (χ4v) is 1.85. The van der Waals surface area contributed by atoms with Crippen molar-refractivity contribution in [3.8, 4) is 0 Å². The summed E-state index contributed by atoms with van der Waals surface area (Å²) in [6.45, 7) is 2.25. The molecule has 0 saturated carbocycles. The highest BCUT2D eigenvalue weighted by atomic mass is 16.4. The fraction of sp³-hybridized carbons (Fsp3) is 0.450. The lowest BCUT2D eigenvalue weighted by Crippen LogP contribution is -1.89. The van der Waals surface area contributed by atoms with E-state index in [0.29, 0.717) is 0 Å². The molecule has 0 aliphatic rings. The van der Waals surface area contributed by atoms with Crippen LogP contribution in [0.15, 0.2) is 60.8 Å². The second-order valence-corrected chi connectivity index (χ2v) is 5.17. The smallest absolute Gasteiger partial charge is 0.307 e. The minimum absolute atomic E-state index is 0.0668. The fourth-order valence-electron chi connectivity index (χ4n) is 1.85. The molecule has 0 radical (unpaired) electrons. The van der Waals surface area contributed by atoms with Gasteiger partial charge in [0, 0.05) is 0 Å². The van der Waals surface area contributed by atoms with Crippen LogP contribution in [0.5, 0.6) is 0 Å². The van der Waals surface area contributed by atoms with E-state index < -0.39 is 5.97 Å². The van der Waals surface area contributed by atoms with Crippen LogP contribution in [0.2, 0.25) is 0 Å². The molecule has 122 valence electrons. The van der Waals surface area contributed by atoms with Gasteiger partial charge in [0.25, 0.3) is 0 Å². The molecule has 2 nitrogen and oxygen atoms in total. The van der Waals surface area contributed by atoms with Crippen LogP contribution in [-0.4, -0.2) is 11.1 Å². The summed E-state index contributed by atoms with van der Waals surface area (Å²) in [5, 5.41) is 8.43. The molecule has 0 saturated heterocycles. The van der Waals surface area contributed by atoms with Crippen LogP contribution >= 0.6 is 0 Å². The highest BCUT2D eigenvalue weighted by Gasteiger charge is 1.87. The summed E-state index contributed by atoms with van der Waals surface area (Å²) in [5.74, 6) is -0.809. The average Bonchev–Trinajstić information content (AvgIpc) is 2.50. The van der Waals surface area contributed by atoms with Crippen LogP contribution in [0, 0.1) is 0 Å². The number of carbonyl (C=O) groups is 1. The molecule has 0 aliphatic carbocycles. The highest BCUT2D eigenvalue weighted by Crippen LogP contribution is 2.07. The SMILES string of the molecule is CCCCCCCCC=CC=CC=CC=CC=CCC(=O)O. The minimum Gasteiger partial charge on any atom is -0.481 e. The van der Waals surface area contributed by atoms with Gasteiger partial charge in [-0.15, -0.1) is 0 Å². The second-order valence-electron chi connectivity index (χ2n) is 5.17. The molecule has 1 N–H and O–H groups in total. The zero-order valence-electron chi connectivity index (χ0n) is 13.8. The maximum absolute atomic E-state index is 10.3. The van der Waals surface area contributed by atoms with E-state index in [2.05, 4.69) is 19.1 Å². The van der Waals surface area contributed by atoms with E-state index in [0.717, 1.165) is 6.42 Å². The Hall–Kier alpha value is -1.83. The summed E-state index contributed by atoms with van der Waals surface area (Å²) in [6.07, 6.45) is 28.5. The van der Waals surface area contributed by atoms with Gasteiger partial charge in [0.2, 0.25) is 0 Å². The lowest BCUT2D eigenvalue weighted by Gasteiger charge is -1.97. The van der Waals surface area contributed by atoms with E-state index in [9.17, 15) is 4.79 Å². The molecule has 0 heterocycles. The molecule has 0 atom stereocenters. The number of unbranched alkanes of at least 4 members (excludes halogenated alkanes) is 6. The van der Waals surface area contributed by atoms with Crippen molar-refractivity contribution in [3.05, 3.63) is 60.8 Å². The minimum atomic E-state index is -0.809. The molecule has 22 heavy (non-hydrogen) atoms. The quantitative estimate of drug-likeness (QED) is 0.335. The van der Waals surface area contributed by atoms with Crippen molar-refractivity contribution in [2.45, 2.75) is 58.3 Å². The van der Waals surface area contributed by atoms with E-state index in [-0.39, 0.29) is 6.42 Å². The van der Waals surface area contributed by atoms with Gasteiger partial charge in [-0.2, -0.15) is 0 Å². The van der Waals surface area contributed by atoms with Crippen molar-refractivity contribution in [3.63, 3.8) is 0 Å². The summed E-state index contributed by atoms with van der Waals surface area (Å²) in [6, 6.07) is 0. The van der Waals surface area contributed by atoms with Crippen LogP contribution in [0.25, 0.3) is 0 Å². The third-order valence-corrected chi connectivity index (χ3v) is 3.07. The van der Waals surface area contributed by atoms with Crippen molar-refractivity contribution in [2.24, 2.45) is 0 Å². The summed E-state index contributed by atoms with van der Waals surface area (Å²) < 4.78 is 0. The number of carboxylic acids is 1. The zero-order chi connectivity index (χ0) is 16.3. The molecule has 0 unspecified atom stereocenters. The Morgan fingerprint density at radius 1 is 0.727 bits per heavy atom. The van der Waals surface area contributed by atoms with Gasteiger partial charge in [-0.3, -0.25) is 4.79 Å². The Labute approximate surface area is 135 Å². The first-order valence-electron chi connectivity index (χ1n) is 8.30. The van der Waals surface area contributed by atoms with Crippen molar-refractivity contribution < 1.29 is 9.90 Å². The Kier molecular flexibility index (Phi) is 15.8. The molecule has 0 aromatic rings. The summed E-state index contributed by atoms with van der Waals surface area (Å²) >= 11 is 0. The second kappa shape index (κ2) is 17.2.